The van der Waals surface area contributed by atoms with Crippen molar-refractivity contribution in [2.24, 2.45) is 0 Å². The Morgan fingerprint density at radius 1 is 1.22 bits per heavy atom. The van der Waals surface area contributed by atoms with Gasteiger partial charge in [0, 0.05) is 6.54 Å². The average Bonchev–Trinajstić information content (AvgIpc) is 2.39. The second-order valence-electron chi connectivity index (χ2n) is 3.65. The van der Waals surface area contributed by atoms with Crippen molar-refractivity contribution in [2.75, 3.05) is 20.3 Å². The molecule has 1 amide bonds. The summed E-state index contributed by atoms with van der Waals surface area (Å²) >= 11 is 0. The number of nitrogens with one attached hydrogen (secondary N) is 1. The van der Waals surface area contributed by atoms with Gasteiger partial charge in [0.05, 0.1) is 20.1 Å². The van der Waals surface area contributed by atoms with Crippen LogP contribution in [-0.2, 0) is 25.7 Å². The van der Waals surface area contributed by atoms with Crippen LogP contribution in [0.15, 0.2) is 30.3 Å². The largest absolute Gasteiger partial charge is 0.469 e. The third-order valence-electron chi connectivity index (χ3n) is 2.22. The predicted octanol–water partition coefficient (Wildman–Crippen LogP) is 0.882. The van der Waals surface area contributed by atoms with Crippen molar-refractivity contribution in [1.82, 2.24) is 5.32 Å². The number of ether oxygens (including phenoxy) is 2. The topological polar surface area (TPSA) is 64.6 Å². The minimum Gasteiger partial charge on any atom is -0.469 e. The second-order valence-corrected chi connectivity index (χ2v) is 3.65. The van der Waals surface area contributed by atoms with E-state index in [0.29, 0.717) is 6.61 Å². The van der Waals surface area contributed by atoms with Crippen LogP contribution in [0.25, 0.3) is 0 Å². The van der Waals surface area contributed by atoms with Gasteiger partial charge in [-0.1, -0.05) is 30.3 Å². The first kappa shape index (κ1) is 14.2. The number of esters is 1. The molecule has 1 aromatic carbocycles. The molecule has 0 bridgehead atoms. The summed E-state index contributed by atoms with van der Waals surface area (Å²) in [6.07, 6.45) is 0.168. The summed E-state index contributed by atoms with van der Waals surface area (Å²) in [5, 5.41) is 2.57. The molecule has 98 valence electrons. The first-order valence-electron chi connectivity index (χ1n) is 5.67. The van der Waals surface area contributed by atoms with Gasteiger partial charge in [0.2, 0.25) is 5.91 Å². The lowest BCUT2D eigenvalue weighted by atomic mass is 10.2. The van der Waals surface area contributed by atoms with E-state index in [2.05, 4.69) is 10.1 Å². The molecule has 0 aliphatic rings. The minimum atomic E-state index is -0.347. The molecule has 1 aromatic rings. The smallest absolute Gasteiger partial charge is 0.307 e. The van der Waals surface area contributed by atoms with Gasteiger partial charge in [0.25, 0.3) is 0 Å². The van der Waals surface area contributed by atoms with Crippen molar-refractivity contribution in [3.63, 3.8) is 0 Å². The molecule has 0 radical (unpaired) electrons. The first-order valence-corrected chi connectivity index (χ1v) is 5.67. The number of benzene rings is 1. The minimum absolute atomic E-state index is 0.0178. The molecule has 0 atom stereocenters. The van der Waals surface area contributed by atoms with Crippen LogP contribution in [0.3, 0.4) is 0 Å². The van der Waals surface area contributed by atoms with E-state index in [1.54, 1.807) is 0 Å². The van der Waals surface area contributed by atoms with Gasteiger partial charge in [-0.25, -0.2) is 0 Å². The molecule has 0 heterocycles. The Kier molecular flexibility index (Phi) is 6.50. The van der Waals surface area contributed by atoms with Crippen LogP contribution in [-0.4, -0.2) is 32.1 Å². The molecule has 0 saturated carbocycles. The van der Waals surface area contributed by atoms with Gasteiger partial charge < -0.3 is 14.8 Å². The molecule has 0 fully saturated rings. The standard InChI is InChI=1S/C13H17NO4/c1-17-13(16)7-8-14-12(15)10-18-9-11-5-3-2-4-6-11/h2-6H,7-10H2,1H3,(H,14,15). The predicted molar refractivity (Wildman–Crippen MR) is 65.7 cm³/mol. The Hall–Kier alpha value is -1.88. The van der Waals surface area contributed by atoms with Gasteiger partial charge in [-0.2, -0.15) is 0 Å². The zero-order chi connectivity index (χ0) is 13.2. The monoisotopic (exact) mass is 251 g/mol. The van der Waals surface area contributed by atoms with Crippen molar-refractivity contribution < 1.29 is 19.1 Å². The van der Waals surface area contributed by atoms with E-state index in [9.17, 15) is 9.59 Å². The van der Waals surface area contributed by atoms with E-state index in [1.807, 2.05) is 30.3 Å². The molecule has 0 spiro atoms. The molecule has 18 heavy (non-hydrogen) atoms. The molecule has 0 aromatic heterocycles. The number of amides is 1. The lowest BCUT2D eigenvalue weighted by Crippen LogP contribution is -2.29. The Morgan fingerprint density at radius 3 is 2.61 bits per heavy atom. The van der Waals surface area contributed by atoms with Crippen molar-refractivity contribution in [1.29, 1.82) is 0 Å². The zero-order valence-electron chi connectivity index (χ0n) is 10.3. The summed E-state index contributed by atoms with van der Waals surface area (Å²) in [6.45, 7) is 0.640. The Bertz CT molecular complexity index is 378. The molecule has 5 nitrogen and oxygen atoms in total. The van der Waals surface area contributed by atoms with Crippen LogP contribution in [0.4, 0.5) is 0 Å². The zero-order valence-corrected chi connectivity index (χ0v) is 10.3. The maximum atomic E-state index is 11.3. The number of methoxy groups -OCH3 is 1. The van der Waals surface area contributed by atoms with Crippen LogP contribution < -0.4 is 5.32 Å². The molecule has 5 heteroatoms. The van der Waals surface area contributed by atoms with E-state index >= 15 is 0 Å². The summed E-state index contributed by atoms with van der Waals surface area (Å²) in [5.74, 6) is -0.588. The fraction of sp³-hybridized carbons (Fsp3) is 0.385. The molecule has 0 aliphatic carbocycles. The van der Waals surface area contributed by atoms with Gasteiger partial charge in [0.15, 0.2) is 0 Å². The van der Waals surface area contributed by atoms with Crippen LogP contribution in [0.5, 0.6) is 0 Å². The lowest BCUT2D eigenvalue weighted by molar-refractivity contribution is -0.140. The number of hydrogen-bond acceptors (Lipinski definition) is 4. The van der Waals surface area contributed by atoms with Gasteiger partial charge in [0.1, 0.15) is 6.61 Å². The van der Waals surface area contributed by atoms with Gasteiger partial charge in [-0.3, -0.25) is 9.59 Å². The van der Waals surface area contributed by atoms with Gasteiger partial charge in [-0.15, -0.1) is 0 Å². The third kappa shape index (κ3) is 6.00. The van der Waals surface area contributed by atoms with Crippen molar-refractivity contribution in [3.05, 3.63) is 35.9 Å². The van der Waals surface area contributed by atoms with Crippen molar-refractivity contribution in [2.45, 2.75) is 13.0 Å². The Morgan fingerprint density at radius 2 is 1.94 bits per heavy atom. The van der Waals surface area contributed by atoms with Crippen LogP contribution >= 0.6 is 0 Å². The highest BCUT2D eigenvalue weighted by Gasteiger charge is 2.03. The summed E-state index contributed by atoms with van der Waals surface area (Å²) < 4.78 is 9.69. The first-order chi connectivity index (χ1) is 8.72. The quantitative estimate of drug-likeness (QED) is 0.731. The van der Waals surface area contributed by atoms with Crippen LogP contribution in [0.1, 0.15) is 12.0 Å². The summed E-state index contributed by atoms with van der Waals surface area (Å²) in [5.41, 5.74) is 1.01. The van der Waals surface area contributed by atoms with Crippen LogP contribution in [0, 0.1) is 0 Å². The summed E-state index contributed by atoms with van der Waals surface area (Å²) in [6, 6.07) is 9.59. The average molecular weight is 251 g/mol. The highest BCUT2D eigenvalue weighted by molar-refractivity contribution is 5.78. The number of carbonyl (C=O) groups is 2. The summed E-state index contributed by atoms with van der Waals surface area (Å²) in [7, 11) is 1.31. The van der Waals surface area contributed by atoms with E-state index in [-0.39, 0.29) is 31.4 Å². The fourth-order valence-corrected chi connectivity index (χ4v) is 1.29. The molecular formula is C13H17NO4. The maximum Gasteiger partial charge on any atom is 0.307 e. The molecule has 1 N–H and O–H groups in total. The highest BCUT2D eigenvalue weighted by atomic mass is 16.5. The van der Waals surface area contributed by atoms with E-state index in [0.717, 1.165) is 5.56 Å². The van der Waals surface area contributed by atoms with E-state index in [1.165, 1.54) is 7.11 Å². The molecule has 1 rings (SSSR count). The molecule has 0 unspecified atom stereocenters. The van der Waals surface area contributed by atoms with E-state index < -0.39 is 0 Å². The molecule has 0 aliphatic heterocycles. The van der Waals surface area contributed by atoms with Gasteiger partial charge in [-0.05, 0) is 5.56 Å². The van der Waals surface area contributed by atoms with Crippen molar-refractivity contribution >= 4 is 11.9 Å². The molecular weight excluding hydrogens is 234 g/mol. The number of rotatable bonds is 7. The SMILES string of the molecule is COC(=O)CCNC(=O)COCc1ccccc1. The Labute approximate surface area is 106 Å². The second kappa shape index (κ2) is 8.25. The number of carbonyl (C=O) groups excluding carboxylic acids is 2. The van der Waals surface area contributed by atoms with Crippen LogP contribution in [0.2, 0.25) is 0 Å². The number of hydrogen-bond donors (Lipinski definition) is 1. The van der Waals surface area contributed by atoms with Crippen molar-refractivity contribution in [3.8, 4) is 0 Å². The fourth-order valence-electron chi connectivity index (χ4n) is 1.29. The lowest BCUT2D eigenvalue weighted by Gasteiger charge is -2.05. The van der Waals surface area contributed by atoms with E-state index in [4.69, 9.17) is 4.74 Å². The summed E-state index contributed by atoms with van der Waals surface area (Å²) in [4.78, 5) is 22.1. The third-order valence-corrected chi connectivity index (χ3v) is 2.22. The highest BCUT2D eigenvalue weighted by Crippen LogP contribution is 1.99. The van der Waals surface area contributed by atoms with Gasteiger partial charge >= 0.3 is 5.97 Å². The molecule has 0 saturated heterocycles. The normalized spacial score (nSPS) is 9.83. The maximum absolute atomic E-state index is 11.3. The Balaban J connectivity index is 2.09.